The summed E-state index contributed by atoms with van der Waals surface area (Å²) in [6.07, 6.45) is 1.48. The predicted octanol–water partition coefficient (Wildman–Crippen LogP) is 3.98. The molecule has 1 N–H and O–H groups in total. The Hall–Kier alpha value is -2.45. The molecule has 0 saturated heterocycles. The Morgan fingerprint density at radius 1 is 1.08 bits per heavy atom. The number of nitriles is 1. The molecule has 0 aromatic heterocycles. The third-order valence-corrected chi connectivity index (χ3v) is 3.54. The van der Waals surface area contributed by atoms with Crippen LogP contribution in [-0.2, 0) is 13.0 Å². The van der Waals surface area contributed by atoms with E-state index in [9.17, 15) is 8.78 Å². The minimum Gasteiger partial charge on any atom is -0.494 e. The van der Waals surface area contributed by atoms with Crippen LogP contribution in [0.1, 0.15) is 24.0 Å². The number of unbranched alkanes of at least 4 members (excludes halogenated alkanes) is 1. The normalized spacial score (nSPS) is 10.4. The van der Waals surface area contributed by atoms with Gasteiger partial charge in [-0.05, 0) is 49.2 Å². The van der Waals surface area contributed by atoms with Crippen LogP contribution in [0.25, 0.3) is 0 Å². The van der Waals surface area contributed by atoms with Gasteiger partial charge in [-0.3, -0.25) is 0 Å². The number of benzene rings is 2. The maximum atomic E-state index is 13.5. The first kappa shape index (κ1) is 17.9. The zero-order valence-electron chi connectivity index (χ0n) is 13.4. The van der Waals surface area contributed by atoms with Crippen LogP contribution in [0.3, 0.4) is 0 Å². The molecule has 2 rings (SSSR count). The van der Waals surface area contributed by atoms with Crippen molar-refractivity contribution >= 4 is 0 Å². The Bertz CT molecular complexity index is 678. The molecular weight excluding hydrogens is 310 g/mol. The highest BCUT2D eigenvalue weighted by molar-refractivity contribution is 5.28. The predicted molar refractivity (Wildman–Crippen MR) is 88.6 cm³/mol. The number of nitrogens with one attached hydrogen (secondary N) is 1. The first-order chi connectivity index (χ1) is 11.7. The van der Waals surface area contributed by atoms with Crippen LogP contribution in [0.15, 0.2) is 42.5 Å². The second-order valence-electron chi connectivity index (χ2n) is 5.38. The Kier molecular flexibility index (Phi) is 7.19. The molecule has 0 unspecified atom stereocenters. The molecule has 0 radical (unpaired) electrons. The van der Waals surface area contributed by atoms with Crippen LogP contribution in [0, 0.1) is 23.0 Å². The van der Waals surface area contributed by atoms with Gasteiger partial charge in [0.2, 0.25) is 0 Å². The third-order valence-electron chi connectivity index (χ3n) is 3.54. The average molecular weight is 330 g/mol. The highest BCUT2D eigenvalue weighted by Gasteiger charge is 2.07. The van der Waals surface area contributed by atoms with Crippen LogP contribution in [0.2, 0.25) is 0 Å². The largest absolute Gasteiger partial charge is 0.494 e. The highest BCUT2D eigenvalue weighted by Crippen LogP contribution is 2.14. The van der Waals surface area contributed by atoms with Gasteiger partial charge in [0.25, 0.3) is 0 Å². The molecule has 0 aliphatic carbocycles. The van der Waals surface area contributed by atoms with Crippen molar-refractivity contribution in [3.63, 3.8) is 0 Å². The van der Waals surface area contributed by atoms with Crippen molar-refractivity contribution < 1.29 is 13.5 Å². The second kappa shape index (κ2) is 9.64. The average Bonchev–Trinajstić information content (AvgIpc) is 2.58. The topological polar surface area (TPSA) is 45.0 Å². The molecule has 126 valence electrons. The van der Waals surface area contributed by atoms with Gasteiger partial charge in [0.05, 0.1) is 12.7 Å². The molecule has 0 atom stereocenters. The summed E-state index contributed by atoms with van der Waals surface area (Å²) in [5, 5.41) is 11.7. The first-order valence-corrected chi connectivity index (χ1v) is 7.93. The van der Waals surface area contributed by atoms with Crippen LogP contribution in [0.5, 0.6) is 5.75 Å². The number of hydrogen-bond acceptors (Lipinski definition) is 3. The fourth-order valence-corrected chi connectivity index (χ4v) is 2.30. The van der Waals surface area contributed by atoms with E-state index >= 15 is 0 Å². The molecule has 0 amide bonds. The molecule has 2 aromatic rings. The summed E-state index contributed by atoms with van der Waals surface area (Å²) in [5.74, 6) is -0.262. The zero-order chi connectivity index (χ0) is 17.2. The fourth-order valence-electron chi connectivity index (χ4n) is 2.30. The lowest BCUT2D eigenvalue weighted by molar-refractivity contribution is 0.312. The van der Waals surface area contributed by atoms with Gasteiger partial charge >= 0.3 is 0 Å². The van der Waals surface area contributed by atoms with E-state index in [1.54, 1.807) is 0 Å². The van der Waals surface area contributed by atoms with Crippen molar-refractivity contribution in [3.8, 4) is 11.8 Å². The van der Waals surface area contributed by atoms with Crippen molar-refractivity contribution in [2.24, 2.45) is 0 Å². The Morgan fingerprint density at radius 2 is 1.83 bits per heavy atom. The Labute approximate surface area is 140 Å². The number of nitrogens with zero attached hydrogens (tertiary/aromatic N) is 1. The summed E-state index contributed by atoms with van der Waals surface area (Å²) in [5.41, 5.74) is 1.14. The highest BCUT2D eigenvalue weighted by atomic mass is 19.1. The van der Waals surface area contributed by atoms with Gasteiger partial charge in [0.1, 0.15) is 17.4 Å². The molecule has 3 nitrogen and oxygen atoms in total. The van der Waals surface area contributed by atoms with E-state index in [4.69, 9.17) is 10.00 Å². The summed E-state index contributed by atoms with van der Waals surface area (Å²) >= 11 is 0. The smallest absolute Gasteiger partial charge is 0.129 e. The van der Waals surface area contributed by atoms with Crippen molar-refractivity contribution in [2.75, 3.05) is 13.2 Å². The van der Waals surface area contributed by atoms with Crippen molar-refractivity contribution in [1.29, 1.82) is 5.26 Å². The number of hydrogen-bond donors (Lipinski definition) is 1. The lowest BCUT2D eigenvalue weighted by atomic mass is 10.1. The van der Waals surface area contributed by atoms with E-state index in [1.807, 2.05) is 24.3 Å². The molecule has 5 heteroatoms. The van der Waals surface area contributed by atoms with Gasteiger partial charge in [-0.25, -0.2) is 8.78 Å². The van der Waals surface area contributed by atoms with Gasteiger partial charge in [-0.15, -0.1) is 0 Å². The van der Waals surface area contributed by atoms with Crippen molar-refractivity contribution in [3.05, 3.63) is 65.2 Å². The minimum atomic E-state index is -0.510. The second-order valence-corrected chi connectivity index (χ2v) is 5.38. The zero-order valence-corrected chi connectivity index (χ0v) is 13.4. The molecule has 0 aliphatic heterocycles. The van der Waals surface area contributed by atoms with Gasteiger partial charge < -0.3 is 10.1 Å². The first-order valence-electron chi connectivity index (χ1n) is 7.93. The Balaban J connectivity index is 1.77. The molecule has 0 heterocycles. The van der Waals surface area contributed by atoms with E-state index < -0.39 is 11.6 Å². The number of rotatable bonds is 9. The molecule has 2 aromatic carbocycles. The quantitative estimate of drug-likeness (QED) is 0.707. The summed E-state index contributed by atoms with van der Waals surface area (Å²) in [6.45, 7) is 1.58. The Morgan fingerprint density at radius 3 is 2.58 bits per heavy atom. The summed E-state index contributed by atoms with van der Waals surface area (Å²) in [4.78, 5) is 0. The van der Waals surface area contributed by atoms with Crippen LogP contribution in [0.4, 0.5) is 8.78 Å². The van der Waals surface area contributed by atoms with Crippen LogP contribution >= 0.6 is 0 Å². The van der Waals surface area contributed by atoms with Crippen LogP contribution < -0.4 is 10.1 Å². The van der Waals surface area contributed by atoms with Crippen LogP contribution in [-0.4, -0.2) is 13.2 Å². The number of ether oxygens (including phenoxy) is 1. The van der Waals surface area contributed by atoms with Crippen molar-refractivity contribution in [2.45, 2.75) is 25.8 Å². The molecule has 0 saturated carbocycles. The van der Waals surface area contributed by atoms with E-state index in [2.05, 4.69) is 11.4 Å². The molecule has 0 bridgehead atoms. The molecule has 24 heavy (non-hydrogen) atoms. The summed E-state index contributed by atoms with van der Waals surface area (Å²) < 4.78 is 32.6. The van der Waals surface area contributed by atoms with Gasteiger partial charge in [-0.1, -0.05) is 18.2 Å². The van der Waals surface area contributed by atoms with E-state index in [0.717, 1.165) is 11.3 Å². The fraction of sp³-hybridized carbons (Fsp3) is 0.316. The standard InChI is InChI=1S/C19H20F2N2O/c20-18-7-4-8-19(21)17(18)9-11-23-14-15-5-3-6-16(13-15)24-12-2-1-10-22/h3-8,13,23H,1-2,9,11-12,14H2. The summed E-state index contributed by atoms with van der Waals surface area (Å²) in [6, 6.07) is 13.6. The van der Waals surface area contributed by atoms with Gasteiger partial charge in [0.15, 0.2) is 0 Å². The van der Waals surface area contributed by atoms with E-state index in [-0.39, 0.29) is 5.56 Å². The number of halogens is 2. The van der Waals surface area contributed by atoms with Gasteiger partial charge in [-0.2, -0.15) is 5.26 Å². The monoisotopic (exact) mass is 330 g/mol. The van der Waals surface area contributed by atoms with E-state index in [1.165, 1.54) is 18.2 Å². The SMILES string of the molecule is N#CCCCOc1cccc(CNCCc2c(F)cccc2F)c1. The molecule has 0 aliphatic rings. The minimum absolute atomic E-state index is 0.111. The lowest BCUT2D eigenvalue weighted by Crippen LogP contribution is -2.17. The summed E-state index contributed by atoms with van der Waals surface area (Å²) in [7, 11) is 0. The van der Waals surface area contributed by atoms with E-state index in [0.29, 0.717) is 39.0 Å². The van der Waals surface area contributed by atoms with Crippen molar-refractivity contribution in [1.82, 2.24) is 5.32 Å². The molecular formula is C19H20F2N2O. The molecule has 0 spiro atoms. The third kappa shape index (κ3) is 5.64. The molecule has 0 fully saturated rings. The van der Waals surface area contributed by atoms with Gasteiger partial charge in [0, 0.05) is 18.5 Å². The maximum Gasteiger partial charge on any atom is 0.129 e. The maximum absolute atomic E-state index is 13.5. The lowest BCUT2D eigenvalue weighted by Gasteiger charge is -2.09.